The molecule has 4 aromatic heterocycles. The summed E-state index contributed by atoms with van der Waals surface area (Å²) in [6, 6.07) is 29.5. The van der Waals surface area contributed by atoms with Gasteiger partial charge in [-0.05, 0) is 170 Å². The smallest absolute Gasteiger partial charge is 0.354 e. The van der Waals surface area contributed by atoms with Gasteiger partial charge in [-0.2, -0.15) is 0 Å². The number of aromatic amines is 4. The molecule has 0 aliphatic rings. The van der Waals surface area contributed by atoms with Crippen LogP contribution >= 0.6 is 104 Å². The number of rotatable bonds is 18. The molecule has 8 rings (SSSR count). The summed E-state index contributed by atoms with van der Waals surface area (Å²) in [6.07, 6.45) is 10.2. The average molecular weight is 1290 g/mol. The largest absolute Gasteiger partial charge is 0.477 e. The van der Waals surface area contributed by atoms with Gasteiger partial charge in [0, 0.05) is 43.2 Å². The number of carboxylic acid groups (broad SMARTS) is 1. The summed E-state index contributed by atoms with van der Waals surface area (Å²) in [5.74, 6) is -2.18. The molecule has 0 spiro atoms. The summed E-state index contributed by atoms with van der Waals surface area (Å²) in [7, 11) is 0. The van der Waals surface area contributed by atoms with Crippen LogP contribution < -0.4 is 0 Å². The maximum atomic E-state index is 12.2. The topological polar surface area (TPSA) is 213 Å². The van der Waals surface area contributed by atoms with E-state index in [2.05, 4.69) is 19.9 Å². The van der Waals surface area contributed by atoms with Gasteiger partial charge in [0.05, 0.1) is 60.0 Å². The first kappa shape index (κ1) is 67.3. The van der Waals surface area contributed by atoms with Gasteiger partial charge in [-0.1, -0.05) is 117 Å². The number of hydrogen-bond donors (Lipinski definition) is 5. The first-order chi connectivity index (χ1) is 38.6. The minimum Gasteiger partial charge on any atom is -0.477 e. The average Bonchev–Trinajstić information content (AvgIpc) is 4.30. The number of carbonyl (C=O) groups is 6. The molecule has 428 valence electrons. The molecule has 0 fully saturated rings. The third kappa shape index (κ3) is 23.7. The summed E-state index contributed by atoms with van der Waals surface area (Å²) in [6.45, 7) is 6.35. The van der Waals surface area contributed by atoms with Crippen LogP contribution in [0.3, 0.4) is 0 Å². The van der Waals surface area contributed by atoms with Crippen LogP contribution in [-0.2, 0) is 57.5 Å². The third-order valence-corrected chi connectivity index (χ3v) is 13.9. The van der Waals surface area contributed by atoms with E-state index in [1.54, 1.807) is 99.9 Å². The molecule has 81 heavy (non-hydrogen) atoms. The van der Waals surface area contributed by atoms with Crippen LogP contribution in [0.25, 0.3) is 0 Å². The van der Waals surface area contributed by atoms with Crippen LogP contribution in [0.4, 0.5) is 0 Å². The standard InChI is InChI=1S/C15H13Cl2NO3.C15H15Cl2NO2.C13H11Cl2NO2.C8H5Cl3O.C7H9NO2/c1-2-21-15(20)13-7-10(8-18-13)14(19)6-9-3-4-11(16)12(17)5-9;1-2-20-15(19)14-8-11(9-18-14)4-3-10-5-6-12(16)13(17)7-10;14-10-4-3-8(5-11(10)15)1-2-9-6-12(13(17)18)16-7-9;9-6-2-1-5(3-7(6)10)4-8(11)12;1-2-10-7(9)6-4-3-5-8-6/h3-5,7-8,18H,2,6H2,1H3;5-9,18H,2-4H2,1H3;3-7,16H,1-2H2,(H,17,18);1-3H,4H2;3-5,8H,2H2,1H3. The fraction of sp³-hybridized carbons (Fsp3) is 0.207. The second-order valence-corrected chi connectivity index (χ2v) is 20.5. The number of Topliss-reactive ketones (excluding diaryl/α,β-unsaturated/α-hetero) is 1. The second kappa shape index (κ2) is 35.0. The Morgan fingerprint density at radius 1 is 0.407 bits per heavy atom. The Kier molecular flexibility index (Phi) is 29.1. The summed E-state index contributed by atoms with van der Waals surface area (Å²) in [4.78, 5) is 78.4. The van der Waals surface area contributed by atoms with Crippen molar-refractivity contribution >= 4 is 139 Å². The van der Waals surface area contributed by atoms with E-state index in [4.69, 9.17) is 124 Å². The number of aryl methyl sites for hydroxylation is 4. The number of H-pyrrole nitrogens is 4. The number of esters is 3. The summed E-state index contributed by atoms with van der Waals surface area (Å²) in [5, 5.41) is 12.3. The molecule has 0 atom stereocenters. The molecule has 8 aromatic rings. The summed E-state index contributed by atoms with van der Waals surface area (Å²) in [5.41, 5.74) is 7.59. The molecule has 4 heterocycles. The molecule has 0 aliphatic carbocycles. The van der Waals surface area contributed by atoms with Gasteiger partial charge in [0.2, 0.25) is 5.24 Å². The van der Waals surface area contributed by atoms with Crippen molar-refractivity contribution in [3.63, 3.8) is 0 Å². The Hall–Kier alpha value is -6.17. The molecule has 0 aliphatic heterocycles. The monoisotopic (exact) mass is 1280 g/mol. The van der Waals surface area contributed by atoms with Crippen molar-refractivity contribution in [2.45, 2.75) is 59.3 Å². The number of ketones is 1. The number of halogens is 9. The van der Waals surface area contributed by atoms with E-state index in [0.717, 1.165) is 59.1 Å². The normalized spacial score (nSPS) is 10.3. The number of carboxylic acids is 1. The van der Waals surface area contributed by atoms with E-state index in [0.29, 0.717) is 70.3 Å². The lowest BCUT2D eigenvalue weighted by molar-refractivity contribution is -0.111. The second-order valence-electron chi connectivity index (χ2n) is 16.8. The van der Waals surface area contributed by atoms with Gasteiger partial charge in [-0.3, -0.25) is 9.59 Å². The zero-order chi connectivity index (χ0) is 59.6. The van der Waals surface area contributed by atoms with Crippen LogP contribution in [0.5, 0.6) is 0 Å². The molecular formula is C58H53Cl9N4O10. The molecule has 4 aromatic carbocycles. The fourth-order valence-corrected chi connectivity index (χ4v) is 8.32. The van der Waals surface area contributed by atoms with Crippen LogP contribution in [0, 0.1) is 0 Å². The number of nitrogens with one attached hydrogen (secondary N) is 4. The van der Waals surface area contributed by atoms with Gasteiger partial charge in [-0.15, -0.1) is 0 Å². The third-order valence-electron chi connectivity index (χ3n) is 10.9. The van der Waals surface area contributed by atoms with E-state index in [1.807, 2.05) is 36.5 Å². The van der Waals surface area contributed by atoms with E-state index in [9.17, 15) is 28.8 Å². The lowest BCUT2D eigenvalue weighted by Gasteiger charge is -2.02. The summed E-state index contributed by atoms with van der Waals surface area (Å²) < 4.78 is 14.5. The highest BCUT2D eigenvalue weighted by molar-refractivity contribution is 6.63. The molecule has 23 heteroatoms. The molecule has 5 N–H and O–H groups in total. The maximum Gasteiger partial charge on any atom is 0.354 e. The van der Waals surface area contributed by atoms with Crippen LogP contribution in [-0.4, -0.2) is 79.8 Å². The van der Waals surface area contributed by atoms with Crippen LogP contribution in [0.1, 0.15) is 106 Å². The molecule has 0 bridgehead atoms. The van der Waals surface area contributed by atoms with Crippen LogP contribution in [0.15, 0.2) is 128 Å². The highest BCUT2D eigenvalue weighted by Gasteiger charge is 2.16. The van der Waals surface area contributed by atoms with Gasteiger partial charge < -0.3 is 39.3 Å². The number of aromatic carboxylic acids is 1. The highest BCUT2D eigenvalue weighted by Crippen LogP contribution is 2.27. The van der Waals surface area contributed by atoms with E-state index in [1.165, 1.54) is 12.3 Å². The minimum atomic E-state index is -0.948. The van der Waals surface area contributed by atoms with E-state index >= 15 is 0 Å². The lowest BCUT2D eigenvalue weighted by Crippen LogP contribution is -2.05. The molecule has 0 saturated heterocycles. The fourth-order valence-electron chi connectivity index (χ4n) is 6.88. The van der Waals surface area contributed by atoms with Crippen LogP contribution in [0.2, 0.25) is 40.2 Å². The minimum absolute atomic E-state index is 0.125. The van der Waals surface area contributed by atoms with Crippen molar-refractivity contribution in [2.24, 2.45) is 0 Å². The Balaban J connectivity index is 0.000000223. The first-order valence-electron chi connectivity index (χ1n) is 24.5. The number of benzene rings is 4. The molecule has 0 saturated carbocycles. The number of ether oxygens (including phenoxy) is 3. The van der Waals surface area contributed by atoms with E-state index < -0.39 is 17.2 Å². The Morgan fingerprint density at radius 3 is 1.17 bits per heavy atom. The van der Waals surface area contributed by atoms with Gasteiger partial charge >= 0.3 is 23.9 Å². The van der Waals surface area contributed by atoms with E-state index in [-0.39, 0.29) is 48.6 Å². The van der Waals surface area contributed by atoms with Crippen molar-refractivity contribution < 1.29 is 48.1 Å². The zero-order valence-corrected chi connectivity index (χ0v) is 50.3. The van der Waals surface area contributed by atoms with Gasteiger partial charge in [0.1, 0.15) is 22.8 Å². The highest BCUT2D eigenvalue weighted by atomic mass is 35.5. The maximum absolute atomic E-state index is 12.2. The van der Waals surface area contributed by atoms with Crippen molar-refractivity contribution in [1.82, 2.24) is 19.9 Å². The predicted octanol–water partition coefficient (Wildman–Crippen LogP) is 16.5. The molecular weight excluding hydrogens is 1230 g/mol. The SMILES string of the molecule is CCOC(=O)c1cc(C(=O)Cc2ccc(Cl)c(Cl)c2)c[nH]1.CCOC(=O)c1cc(CCc2ccc(Cl)c(Cl)c2)c[nH]1.CCOC(=O)c1ccc[nH]1.O=C(Cl)Cc1ccc(Cl)c(Cl)c1.O=C(O)c1cc(CCc2ccc(Cl)c(Cl)c2)c[nH]1. The number of aromatic nitrogens is 4. The van der Waals surface area contributed by atoms with Gasteiger partial charge in [-0.25, -0.2) is 19.2 Å². The summed E-state index contributed by atoms with van der Waals surface area (Å²) >= 11 is 51.9. The molecule has 0 unspecified atom stereocenters. The number of hydrogen-bond acceptors (Lipinski definition) is 9. The lowest BCUT2D eigenvalue weighted by atomic mass is 10.1. The van der Waals surface area contributed by atoms with Crippen molar-refractivity contribution in [3.05, 3.63) is 230 Å². The van der Waals surface area contributed by atoms with Crippen molar-refractivity contribution in [3.8, 4) is 0 Å². The van der Waals surface area contributed by atoms with Crippen molar-refractivity contribution in [1.29, 1.82) is 0 Å². The first-order valence-corrected chi connectivity index (χ1v) is 27.9. The quantitative estimate of drug-likeness (QED) is 0.0237. The number of carbonyl (C=O) groups excluding carboxylic acids is 5. The predicted molar refractivity (Wildman–Crippen MR) is 321 cm³/mol. The molecule has 0 amide bonds. The molecule has 0 radical (unpaired) electrons. The van der Waals surface area contributed by atoms with Gasteiger partial charge in [0.15, 0.2) is 5.78 Å². The zero-order valence-electron chi connectivity index (χ0n) is 43.5. The van der Waals surface area contributed by atoms with Crippen molar-refractivity contribution in [2.75, 3.05) is 19.8 Å². The molecule has 14 nitrogen and oxygen atoms in total. The Morgan fingerprint density at radius 2 is 0.778 bits per heavy atom. The Bertz CT molecular complexity index is 3370. The van der Waals surface area contributed by atoms with Gasteiger partial charge in [0.25, 0.3) is 0 Å². The Labute approximate surface area is 512 Å².